The highest BCUT2D eigenvalue weighted by Gasteiger charge is 2.22. The van der Waals surface area contributed by atoms with Gasteiger partial charge in [-0.2, -0.15) is 0 Å². The van der Waals surface area contributed by atoms with Gasteiger partial charge in [0, 0.05) is 13.1 Å². The van der Waals surface area contributed by atoms with Gasteiger partial charge in [-0.25, -0.2) is 0 Å². The monoisotopic (exact) mass is 311 g/mol. The van der Waals surface area contributed by atoms with E-state index in [0.29, 0.717) is 13.1 Å². The first-order chi connectivity index (χ1) is 10.1. The lowest BCUT2D eigenvalue weighted by atomic mass is 10.1. The van der Waals surface area contributed by atoms with Crippen molar-refractivity contribution in [3.8, 4) is 0 Å². The summed E-state index contributed by atoms with van der Waals surface area (Å²) >= 11 is 1.44. The molecule has 21 heavy (non-hydrogen) atoms. The molecule has 0 N–H and O–H groups in total. The maximum Gasteiger partial charge on any atom is 0.310 e. The number of carbonyl (C=O) groups is 2. The van der Waals surface area contributed by atoms with Crippen molar-refractivity contribution in [1.29, 1.82) is 0 Å². The molecular formula is C16H25NO3S. The fourth-order valence-corrected chi connectivity index (χ4v) is 2.86. The first kappa shape index (κ1) is 17.7. The lowest BCUT2D eigenvalue weighted by Crippen LogP contribution is -2.37. The zero-order valence-electron chi connectivity index (χ0n) is 13.1. The minimum absolute atomic E-state index is 0.0113. The van der Waals surface area contributed by atoms with Crippen LogP contribution in [0.3, 0.4) is 0 Å². The zero-order valence-corrected chi connectivity index (χ0v) is 13.9. The molecule has 0 saturated heterocycles. The fraction of sp³-hybridized carbons (Fsp3) is 0.625. The summed E-state index contributed by atoms with van der Waals surface area (Å²) in [5.41, 5.74) is 0. The van der Waals surface area contributed by atoms with E-state index < -0.39 is 0 Å². The van der Waals surface area contributed by atoms with Crippen LogP contribution in [0.25, 0.3) is 0 Å². The number of thiophene rings is 1. The van der Waals surface area contributed by atoms with Crippen molar-refractivity contribution in [2.24, 2.45) is 5.92 Å². The second kappa shape index (κ2) is 9.55. The van der Waals surface area contributed by atoms with Gasteiger partial charge in [-0.3, -0.25) is 9.59 Å². The number of esters is 1. The first-order valence-electron chi connectivity index (χ1n) is 7.50. The highest BCUT2D eigenvalue weighted by Crippen LogP contribution is 2.15. The standard InChI is InChI=1S/C16H25NO3S/c1-4-5-6-7-10-17(12-13(2)16(19)20-3)15(18)14-9-8-11-21-14/h8-9,11,13H,4-7,10,12H2,1-3H3. The Morgan fingerprint density at radius 2 is 2.10 bits per heavy atom. The van der Waals surface area contributed by atoms with E-state index in [0.717, 1.165) is 24.1 Å². The molecule has 0 radical (unpaired) electrons. The van der Waals surface area contributed by atoms with Crippen LogP contribution in [-0.2, 0) is 9.53 Å². The summed E-state index contributed by atoms with van der Waals surface area (Å²) in [7, 11) is 1.38. The van der Waals surface area contributed by atoms with Crippen molar-refractivity contribution in [3.05, 3.63) is 22.4 Å². The summed E-state index contributed by atoms with van der Waals surface area (Å²) in [6.07, 6.45) is 4.42. The summed E-state index contributed by atoms with van der Waals surface area (Å²) < 4.78 is 4.75. The number of hydrogen-bond acceptors (Lipinski definition) is 4. The number of methoxy groups -OCH3 is 1. The lowest BCUT2D eigenvalue weighted by Gasteiger charge is -2.24. The minimum atomic E-state index is -0.301. The average molecular weight is 311 g/mol. The molecule has 0 aliphatic carbocycles. The third-order valence-electron chi connectivity index (χ3n) is 3.40. The van der Waals surface area contributed by atoms with Crippen molar-refractivity contribution in [2.75, 3.05) is 20.2 Å². The van der Waals surface area contributed by atoms with Gasteiger partial charge in [0.2, 0.25) is 0 Å². The smallest absolute Gasteiger partial charge is 0.310 e. The molecule has 5 heteroatoms. The number of rotatable bonds is 9. The number of amides is 1. The van der Waals surface area contributed by atoms with Crippen LogP contribution in [0.2, 0.25) is 0 Å². The second-order valence-electron chi connectivity index (χ2n) is 5.21. The Bertz CT molecular complexity index is 431. The van der Waals surface area contributed by atoms with Gasteiger partial charge in [0.15, 0.2) is 0 Å². The van der Waals surface area contributed by atoms with Gasteiger partial charge in [0.25, 0.3) is 5.91 Å². The van der Waals surface area contributed by atoms with Crippen molar-refractivity contribution in [1.82, 2.24) is 4.90 Å². The van der Waals surface area contributed by atoms with E-state index in [-0.39, 0.29) is 17.8 Å². The van der Waals surface area contributed by atoms with E-state index in [4.69, 9.17) is 4.74 Å². The SMILES string of the molecule is CCCCCCN(CC(C)C(=O)OC)C(=O)c1cccs1. The summed E-state index contributed by atoms with van der Waals surface area (Å²) in [5, 5.41) is 1.90. The van der Waals surface area contributed by atoms with Crippen molar-refractivity contribution >= 4 is 23.2 Å². The quantitative estimate of drug-likeness (QED) is 0.517. The lowest BCUT2D eigenvalue weighted by molar-refractivity contribution is -0.145. The number of carbonyl (C=O) groups excluding carboxylic acids is 2. The Kier molecular flexibility index (Phi) is 8.05. The molecule has 0 saturated carbocycles. The number of nitrogens with zero attached hydrogens (tertiary/aromatic N) is 1. The van der Waals surface area contributed by atoms with Crippen LogP contribution in [0.5, 0.6) is 0 Å². The van der Waals surface area contributed by atoms with Crippen LogP contribution in [0.1, 0.15) is 49.2 Å². The highest BCUT2D eigenvalue weighted by molar-refractivity contribution is 7.12. The Balaban J connectivity index is 2.65. The first-order valence-corrected chi connectivity index (χ1v) is 8.38. The Labute approximate surface area is 131 Å². The normalized spacial score (nSPS) is 12.0. The van der Waals surface area contributed by atoms with Crippen molar-refractivity contribution in [2.45, 2.75) is 39.5 Å². The molecule has 0 aliphatic rings. The Hall–Kier alpha value is -1.36. The molecule has 0 spiro atoms. The molecule has 1 amide bonds. The van der Waals surface area contributed by atoms with E-state index in [9.17, 15) is 9.59 Å². The third-order valence-corrected chi connectivity index (χ3v) is 4.26. The maximum absolute atomic E-state index is 12.5. The number of unbranched alkanes of at least 4 members (excludes halogenated alkanes) is 3. The molecule has 4 nitrogen and oxygen atoms in total. The van der Waals surface area contributed by atoms with Crippen LogP contribution in [0, 0.1) is 5.92 Å². The summed E-state index contributed by atoms with van der Waals surface area (Å²) in [6.45, 7) is 5.06. The van der Waals surface area contributed by atoms with Gasteiger partial charge in [-0.1, -0.05) is 39.2 Å². The summed E-state index contributed by atoms with van der Waals surface area (Å²) in [4.78, 5) is 26.6. The van der Waals surface area contributed by atoms with Crippen LogP contribution < -0.4 is 0 Å². The Morgan fingerprint density at radius 3 is 2.67 bits per heavy atom. The molecule has 1 unspecified atom stereocenters. The van der Waals surface area contributed by atoms with Crippen LogP contribution in [0.4, 0.5) is 0 Å². The molecule has 1 heterocycles. The molecule has 0 bridgehead atoms. The zero-order chi connectivity index (χ0) is 15.7. The van der Waals surface area contributed by atoms with E-state index in [1.54, 1.807) is 11.8 Å². The average Bonchev–Trinajstić information content (AvgIpc) is 3.02. The summed E-state index contributed by atoms with van der Waals surface area (Å²) in [6, 6.07) is 3.70. The van der Waals surface area contributed by atoms with Gasteiger partial charge in [-0.05, 0) is 17.9 Å². The number of hydrogen-bond donors (Lipinski definition) is 0. The molecular weight excluding hydrogens is 286 g/mol. The van der Waals surface area contributed by atoms with Crippen LogP contribution in [0.15, 0.2) is 17.5 Å². The molecule has 118 valence electrons. The molecule has 1 atom stereocenters. The minimum Gasteiger partial charge on any atom is -0.469 e. The second-order valence-corrected chi connectivity index (χ2v) is 6.16. The topological polar surface area (TPSA) is 46.6 Å². The van der Waals surface area contributed by atoms with Gasteiger partial charge in [0.1, 0.15) is 0 Å². The Morgan fingerprint density at radius 1 is 1.33 bits per heavy atom. The maximum atomic E-state index is 12.5. The van der Waals surface area contributed by atoms with Gasteiger partial charge >= 0.3 is 5.97 Å². The molecule has 1 aromatic heterocycles. The van der Waals surface area contributed by atoms with E-state index in [2.05, 4.69) is 6.92 Å². The molecule has 0 aromatic carbocycles. The van der Waals surface area contributed by atoms with Gasteiger partial charge < -0.3 is 9.64 Å². The van der Waals surface area contributed by atoms with Crippen molar-refractivity contribution < 1.29 is 14.3 Å². The van der Waals surface area contributed by atoms with E-state index >= 15 is 0 Å². The summed E-state index contributed by atoms with van der Waals surface area (Å²) in [5.74, 6) is -0.560. The molecule has 1 rings (SSSR count). The highest BCUT2D eigenvalue weighted by atomic mass is 32.1. The largest absolute Gasteiger partial charge is 0.469 e. The predicted molar refractivity (Wildman–Crippen MR) is 85.5 cm³/mol. The van der Waals surface area contributed by atoms with Crippen molar-refractivity contribution in [3.63, 3.8) is 0 Å². The van der Waals surface area contributed by atoms with Crippen LogP contribution in [-0.4, -0.2) is 37.0 Å². The number of ether oxygens (including phenoxy) is 1. The predicted octanol–water partition coefficient (Wildman–Crippen LogP) is 3.58. The fourth-order valence-electron chi connectivity index (χ4n) is 2.17. The van der Waals surface area contributed by atoms with Gasteiger partial charge in [0.05, 0.1) is 17.9 Å². The molecule has 1 aromatic rings. The van der Waals surface area contributed by atoms with Crippen LogP contribution >= 0.6 is 11.3 Å². The molecule has 0 aliphatic heterocycles. The third kappa shape index (κ3) is 5.87. The molecule has 0 fully saturated rings. The van der Waals surface area contributed by atoms with E-state index in [1.807, 2.05) is 17.5 Å². The van der Waals surface area contributed by atoms with E-state index in [1.165, 1.54) is 24.9 Å². The van der Waals surface area contributed by atoms with Gasteiger partial charge in [-0.15, -0.1) is 11.3 Å².